The van der Waals surface area contributed by atoms with Crippen molar-refractivity contribution in [3.8, 4) is 0 Å². The van der Waals surface area contributed by atoms with Crippen LogP contribution in [0.2, 0.25) is 0 Å². The van der Waals surface area contributed by atoms with Gasteiger partial charge in [-0.25, -0.2) is 8.42 Å². The lowest BCUT2D eigenvalue weighted by Crippen LogP contribution is -2.33. The van der Waals surface area contributed by atoms with Crippen LogP contribution in [0.3, 0.4) is 0 Å². The highest BCUT2D eigenvalue weighted by Gasteiger charge is 2.43. The van der Waals surface area contributed by atoms with Crippen molar-refractivity contribution in [1.82, 2.24) is 10.3 Å². The van der Waals surface area contributed by atoms with E-state index >= 15 is 0 Å². The molecule has 0 radical (unpaired) electrons. The maximum absolute atomic E-state index is 12.8. The third-order valence-electron chi connectivity index (χ3n) is 5.83. The molecule has 1 fully saturated rings. The molecular weight excluding hydrogens is 469 g/mol. The molecule has 0 saturated heterocycles. The maximum atomic E-state index is 12.8. The van der Waals surface area contributed by atoms with Crippen LogP contribution in [0.1, 0.15) is 55.6 Å². The quantitative estimate of drug-likeness (QED) is 0.491. The SMILES string of the molecule is CC.O=C(NCc1ccc(S(=O)(=O)C2CCC(C(F)(F)F)CC2)cc1)c1cc2ccncc2o1. The van der Waals surface area contributed by atoms with Gasteiger partial charge in [0, 0.05) is 18.1 Å². The Hall–Kier alpha value is -2.88. The molecule has 10 heteroatoms. The molecule has 1 saturated carbocycles. The van der Waals surface area contributed by atoms with Gasteiger partial charge in [-0.2, -0.15) is 13.2 Å². The molecule has 1 aromatic carbocycles. The Balaban J connectivity index is 0.00000158. The van der Waals surface area contributed by atoms with Gasteiger partial charge in [-0.15, -0.1) is 0 Å². The Morgan fingerprint density at radius 3 is 2.32 bits per heavy atom. The van der Waals surface area contributed by atoms with E-state index in [4.69, 9.17) is 4.42 Å². The van der Waals surface area contributed by atoms with Crippen LogP contribution in [-0.2, 0) is 16.4 Å². The summed E-state index contributed by atoms with van der Waals surface area (Å²) >= 11 is 0. The van der Waals surface area contributed by atoms with Gasteiger partial charge in [-0.05, 0) is 55.5 Å². The molecule has 0 unspecified atom stereocenters. The first-order valence-corrected chi connectivity index (χ1v) is 12.7. The largest absolute Gasteiger partial charge is 0.449 e. The Labute approximate surface area is 196 Å². The Morgan fingerprint density at radius 1 is 1.09 bits per heavy atom. The van der Waals surface area contributed by atoms with Gasteiger partial charge in [-0.1, -0.05) is 26.0 Å². The molecule has 0 spiro atoms. The van der Waals surface area contributed by atoms with E-state index < -0.39 is 33.1 Å². The fraction of sp³-hybridized carbons (Fsp3) is 0.417. The summed E-state index contributed by atoms with van der Waals surface area (Å²) in [7, 11) is -3.71. The van der Waals surface area contributed by atoms with E-state index in [9.17, 15) is 26.4 Å². The van der Waals surface area contributed by atoms with Gasteiger partial charge in [0.15, 0.2) is 21.2 Å². The van der Waals surface area contributed by atoms with Crippen LogP contribution in [0.25, 0.3) is 11.0 Å². The molecule has 0 aliphatic heterocycles. The number of amides is 1. The van der Waals surface area contributed by atoms with Gasteiger partial charge in [-0.3, -0.25) is 9.78 Å². The van der Waals surface area contributed by atoms with Crippen molar-refractivity contribution < 1.29 is 30.8 Å². The number of furan rings is 1. The monoisotopic (exact) mass is 496 g/mol. The van der Waals surface area contributed by atoms with Crippen molar-refractivity contribution in [1.29, 1.82) is 0 Å². The van der Waals surface area contributed by atoms with Crippen molar-refractivity contribution in [2.75, 3.05) is 0 Å². The first-order valence-electron chi connectivity index (χ1n) is 11.2. The van der Waals surface area contributed by atoms with Crippen LogP contribution in [0.15, 0.2) is 58.1 Å². The van der Waals surface area contributed by atoms with Gasteiger partial charge >= 0.3 is 6.18 Å². The second-order valence-electron chi connectivity index (χ2n) is 7.91. The van der Waals surface area contributed by atoms with Gasteiger partial charge in [0.05, 0.1) is 22.3 Å². The molecule has 3 aromatic rings. The third-order valence-corrected chi connectivity index (χ3v) is 8.11. The van der Waals surface area contributed by atoms with Gasteiger partial charge < -0.3 is 9.73 Å². The van der Waals surface area contributed by atoms with Crippen LogP contribution in [0, 0.1) is 5.92 Å². The summed E-state index contributed by atoms with van der Waals surface area (Å²) in [4.78, 5) is 16.3. The minimum atomic E-state index is -4.28. The second kappa shape index (κ2) is 10.6. The zero-order chi connectivity index (χ0) is 24.9. The number of nitrogens with zero attached hydrogens (tertiary/aromatic N) is 1. The molecule has 6 nitrogen and oxygen atoms in total. The number of pyridine rings is 1. The first-order chi connectivity index (χ1) is 16.1. The van der Waals surface area contributed by atoms with Gasteiger partial charge in [0.25, 0.3) is 5.91 Å². The van der Waals surface area contributed by atoms with Crippen LogP contribution in [-0.4, -0.2) is 30.7 Å². The van der Waals surface area contributed by atoms with Crippen LogP contribution in [0.5, 0.6) is 0 Å². The lowest BCUT2D eigenvalue weighted by molar-refractivity contribution is -0.181. The van der Waals surface area contributed by atoms with E-state index in [1.165, 1.54) is 18.3 Å². The first kappa shape index (κ1) is 25.7. The van der Waals surface area contributed by atoms with Crippen LogP contribution < -0.4 is 5.32 Å². The summed E-state index contributed by atoms with van der Waals surface area (Å²) in [6, 6.07) is 9.35. The molecule has 0 atom stereocenters. The average Bonchev–Trinajstić information content (AvgIpc) is 3.28. The molecule has 1 aliphatic carbocycles. The molecule has 2 aromatic heterocycles. The zero-order valence-electron chi connectivity index (χ0n) is 18.9. The second-order valence-corrected chi connectivity index (χ2v) is 10.1. The molecule has 2 heterocycles. The lowest BCUT2D eigenvalue weighted by Gasteiger charge is -2.29. The molecule has 1 N–H and O–H groups in total. The molecule has 184 valence electrons. The van der Waals surface area contributed by atoms with E-state index in [1.54, 1.807) is 30.5 Å². The number of hydrogen-bond donors (Lipinski definition) is 1. The summed E-state index contributed by atoms with van der Waals surface area (Å²) < 4.78 is 69.6. The minimum absolute atomic E-state index is 0.00264. The normalized spacial score (nSPS) is 18.7. The van der Waals surface area contributed by atoms with E-state index in [1.807, 2.05) is 13.8 Å². The number of fused-ring (bicyclic) bond motifs is 1. The topological polar surface area (TPSA) is 89.3 Å². The number of halogens is 3. The van der Waals surface area contributed by atoms with E-state index in [0.29, 0.717) is 11.1 Å². The number of carbonyl (C=O) groups excluding carboxylic acids is 1. The summed E-state index contributed by atoms with van der Waals surface area (Å²) in [6.07, 6.45) is -1.52. The van der Waals surface area contributed by atoms with E-state index in [-0.39, 0.29) is 42.9 Å². The number of benzene rings is 1. The van der Waals surface area contributed by atoms with Gasteiger partial charge in [0.2, 0.25) is 0 Å². The van der Waals surface area contributed by atoms with Crippen molar-refractivity contribution in [2.45, 2.75) is 62.4 Å². The number of alkyl halides is 3. The standard InChI is InChI=1S/C22H21F3N2O4S.C2H6/c23-22(24,25)16-3-7-18(8-4-16)32(29,30)17-5-1-14(2-6-17)12-27-21(28)19-11-15-9-10-26-13-20(15)31-19;1-2/h1-2,5-6,9-11,13,16,18H,3-4,7-8,12H2,(H,27,28);1-2H3. The molecule has 0 bridgehead atoms. The fourth-order valence-corrected chi connectivity index (χ4v) is 5.75. The van der Waals surface area contributed by atoms with Crippen molar-refractivity contribution >= 4 is 26.7 Å². The number of sulfone groups is 1. The lowest BCUT2D eigenvalue weighted by atomic mass is 9.88. The smallest absolute Gasteiger partial charge is 0.391 e. The van der Waals surface area contributed by atoms with Crippen molar-refractivity contribution in [2.24, 2.45) is 5.92 Å². The molecule has 4 rings (SSSR count). The fourth-order valence-electron chi connectivity index (χ4n) is 3.96. The highest BCUT2D eigenvalue weighted by molar-refractivity contribution is 7.92. The summed E-state index contributed by atoms with van der Waals surface area (Å²) in [6.45, 7) is 4.16. The number of aromatic nitrogens is 1. The summed E-state index contributed by atoms with van der Waals surface area (Å²) in [5, 5.41) is 2.65. The Morgan fingerprint density at radius 2 is 1.74 bits per heavy atom. The highest BCUT2D eigenvalue weighted by Crippen LogP contribution is 2.40. The number of nitrogens with one attached hydrogen (secondary N) is 1. The minimum Gasteiger partial charge on any atom is -0.449 e. The zero-order valence-corrected chi connectivity index (χ0v) is 19.7. The number of carbonyl (C=O) groups is 1. The Kier molecular flexibility index (Phi) is 8.01. The number of hydrogen-bond acceptors (Lipinski definition) is 5. The van der Waals surface area contributed by atoms with Gasteiger partial charge in [0.1, 0.15) is 0 Å². The van der Waals surface area contributed by atoms with Crippen LogP contribution in [0.4, 0.5) is 13.2 Å². The third kappa shape index (κ3) is 5.78. The average molecular weight is 497 g/mol. The van der Waals surface area contributed by atoms with E-state index in [2.05, 4.69) is 10.3 Å². The molecular formula is C24H27F3N2O4S. The van der Waals surface area contributed by atoms with Crippen molar-refractivity contribution in [3.05, 3.63) is 60.1 Å². The Bertz CT molecular complexity index is 1180. The van der Waals surface area contributed by atoms with Crippen molar-refractivity contribution in [3.63, 3.8) is 0 Å². The predicted octanol–water partition coefficient (Wildman–Crippen LogP) is 5.68. The van der Waals surface area contributed by atoms with Crippen LogP contribution >= 0.6 is 0 Å². The molecule has 34 heavy (non-hydrogen) atoms. The highest BCUT2D eigenvalue weighted by atomic mass is 32.2. The predicted molar refractivity (Wildman–Crippen MR) is 122 cm³/mol. The van der Waals surface area contributed by atoms with E-state index in [0.717, 1.165) is 5.39 Å². The summed E-state index contributed by atoms with van der Waals surface area (Å²) in [5.74, 6) is -1.70. The number of rotatable bonds is 5. The molecule has 1 amide bonds. The molecule has 1 aliphatic rings. The summed E-state index contributed by atoms with van der Waals surface area (Å²) in [5.41, 5.74) is 1.17. The maximum Gasteiger partial charge on any atom is 0.391 e.